The van der Waals surface area contributed by atoms with E-state index in [2.05, 4.69) is 6.92 Å². The first-order chi connectivity index (χ1) is 2.41. The molecule has 0 aromatic heterocycles. The Labute approximate surface area is 106 Å². The van der Waals surface area contributed by atoms with Gasteiger partial charge in [0.25, 0.3) is 0 Å². The third kappa shape index (κ3) is 38.6. The summed E-state index contributed by atoms with van der Waals surface area (Å²) >= 11 is 0. The summed E-state index contributed by atoms with van der Waals surface area (Å²) in [7, 11) is 0. The van der Waals surface area contributed by atoms with E-state index in [4.69, 9.17) is 0 Å². The molecule has 0 aliphatic rings. The van der Waals surface area contributed by atoms with Crippen molar-refractivity contribution in [3.63, 3.8) is 0 Å². The minimum Gasteiger partial charge on any atom is -1.00 e. The fraction of sp³-hybridized carbons (Fsp3) is 0.750. The van der Waals surface area contributed by atoms with Gasteiger partial charge in [-0.3, -0.25) is 0 Å². The predicted octanol–water partition coefficient (Wildman–Crippen LogP) is -6.79. The van der Waals surface area contributed by atoms with Crippen LogP contribution in [0.25, 0.3) is 0 Å². The maximum absolute atomic E-state index is 9.49. The van der Waals surface area contributed by atoms with Gasteiger partial charge in [0.05, 0.1) is 0 Å². The Balaban J connectivity index is -0.0000000133. The third-order valence-electron chi connectivity index (χ3n) is 0.394. The molecule has 0 N–H and O–H groups in total. The number of rotatable bonds is 2. The molecule has 0 spiro atoms. The Morgan fingerprint density at radius 1 is 1.22 bits per heavy atom. The maximum atomic E-state index is 9.49. The molecule has 48 valence electrons. The van der Waals surface area contributed by atoms with Gasteiger partial charge in [-0.05, 0) is 0 Å². The van der Waals surface area contributed by atoms with Gasteiger partial charge in [0, 0.05) is 0 Å². The van der Waals surface area contributed by atoms with Crippen LogP contribution >= 0.6 is 0 Å². The molecular weight excluding hydrogens is 228 g/mol. The second-order valence-electron chi connectivity index (χ2n) is 0.911. The summed E-state index contributed by atoms with van der Waals surface area (Å²) in [5.41, 5.74) is 0. The molecule has 9 heavy (non-hydrogen) atoms. The van der Waals surface area contributed by atoms with Crippen LogP contribution in [0.3, 0.4) is 0 Å². The molecule has 0 unspecified atom stereocenters. The van der Waals surface area contributed by atoms with Gasteiger partial charge in [-0.25, -0.2) is 0 Å². The summed E-state index contributed by atoms with van der Waals surface area (Å²) in [5.74, 6) is 0. The van der Waals surface area contributed by atoms with Gasteiger partial charge in [-0.2, -0.15) is 6.42 Å². The molecule has 1 nitrogen and oxygen atoms in total. The van der Waals surface area contributed by atoms with E-state index in [1.165, 1.54) is 0 Å². The molecule has 0 saturated heterocycles. The molecule has 0 rings (SSSR count). The third-order valence-corrected chi connectivity index (χ3v) is 0.394. The molecule has 0 aromatic rings. The molecule has 0 radical (unpaired) electrons. The van der Waals surface area contributed by atoms with Gasteiger partial charge >= 0.3 is 46.1 Å². The summed E-state index contributed by atoms with van der Waals surface area (Å²) in [5, 5.41) is 9.49. The maximum Gasteiger partial charge on any atom is 2.00 e. The molecule has 0 atom stereocenters. The molecule has 0 aliphatic carbocycles. The molecule has 0 heterocycles. The Morgan fingerprint density at radius 2 is 1.56 bits per heavy atom. The van der Waals surface area contributed by atoms with E-state index in [9.17, 15) is 5.11 Å². The van der Waals surface area contributed by atoms with Crippen LogP contribution < -0.4 is 34.5 Å². The van der Waals surface area contributed by atoms with Crippen LogP contribution in [0.15, 0.2) is 0 Å². The van der Waals surface area contributed by atoms with Crippen molar-refractivity contribution in [3.8, 4) is 0 Å². The number of hydrogen-bond donors (Lipinski definition) is 0. The van der Waals surface area contributed by atoms with Crippen molar-refractivity contribution in [3.05, 3.63) is 6.92 Å². The van der Waals surface area contributed by atoms with Gasteiger partial charge < -0.3 is 41.4 Å². The summed E-state index contributed by atoms with van der Waals surface area (Å²) in [6.45, 7) is 3.51. The van der Waals surface area contributed by atoms with Crippen molar-refractivity contribution < 1.29 is 34.5 Å². The van der Waals surface area contributed by atoms with Crippen LogP contribution in [-0.4, -0.2) is 52.7 Å². The number of unbranched alkanes of at least 4 members (excludes halogenated alkanes) is 1. The van der Waals surface area contributed by atoms with Gasteiger partial charge in [0.2, 0.25) is 0 Å². The first-order valence-corrected chi connectivity index (χ1v) is 1.79. The minimum atomic E-state index is 0. The van der Waals surface area contributed by atoms with E-state index < -0.39 is 0 Å². The normalized spacial score (nSPS) is 4.67. The van der Waals surface area contributed by atoms with Crippen molar-refractivity contribution in [2.24, 2.45) is 0 Å². The quantitative estimate of drug-likeness (QED) is 0.345. The zero-order valence-electron chi connectivity index (χ0n) is 5.41. The van der Waals surface area contributed by atoms with E-state index >= 15 is 0 Å². The van der Waals surface area contributed by atoms with E-state index in [1.807, 2.05) is 0 Å². The van der Waals surface area contributed by atoms with Crippen LogP contribution in [0.1, 0.15) is 12.8 Å². The first kappa shape index (κ1) is 30.2. The van der Waals surface area contributed by atoms with E-state index in [-0.39, 0.29) is 82.1 Å². The van der Waals surface area contributed by atoms with Gasteiger partial charge in [0.15, 0.2) is 0 Å². The topological polar surface area (TPSA) is 23.1 Å². The van der Waals surface area contributed by atoms with Crippen LogP contribution in [0.2, 0.25) is 0 Å². The van der Waals surface area contributed by atoms with Gasteiger partial charge in [-0.15, -0.1) is 6.61 Å². The molecule has 0 amide bonds. The molecule has 0 aromatic carbocycles. The fourth-order valence-electron chi connectivity index (χ4n) is 0.102. The fourth-order valence-corrected chi connectivity index (χ4v) is 0.102. The average Bonchev–Trinajstić information content (AvgIpc) is 1.41. The summed E-state index contributed by atoms with van der Waals surface area (Å²) in [6.07, 6.45) is 1.50. The first-order valence-electron chi connectivity index (χ1n) is 1.79. The standard InChI is InChI=1S/C4H8O.BrH.ClH.2Mg/c1-2-3-4-5;;;;/h1-4H2;2*1H;;/q-2;;;2*+2/p-2. The Morgan fingerprint density at radius 3 is 1.56 bits per heavy atom. The molecule has 0 bridgehead atoms. The molecule has 5 heteroatoms. The monoisotopic (exact) mass is 234 g/mol. The molecular formula is C4H8BrClMg2O. The Bertz CT molecular complexity index is 26.0. The average molecular weight is 236 g/mol. The smallest absolute Gasteiger partial charge is 1.00 e. The molecule has 0 saturated carbocycles. The Hall–Kier alpha value is 2.26. The zero-order valence-corrected chi connectivity index (χ0v) is 10.6. The van der Waals surface area contributed by atoms with Crippen LogP contribution in [0.4, 0.5) is 0 Å². The summed E-state index contributed by atoms with van der Waals surface area (Å²) in [6, 6.07) is 0. The van der Waals surface area contributed by atoms with E-state index in [1.54, 1.807) is 0 Å². The minimum absolute atomic E-state index is 0. The summed E-state index contributed by atoms with van der Waals surface area (Å²) < 4.78 is 0. The van der Waals surface area contributed by atoms with E-state index in [0.717, 1.165) is 12.8 Å². The van der Waals surface area contributed by atoms with Gasteiger partial charge in [0.1, 0.15) is 0 Å². The van der Waals surface area contributed by atoms with Crippen molar-refractivity contribution >= 4 is 46.1 Å². The van der Waals surface area contributed by atoms with E-state index in [0.29, 0.717) is 0 Å². The zero-order chi connectivity index (χ0) is 4.12. The second-order valence-corrected chi connectivity index (χ2v) is 0.911. The second kappa shape index (κ2) is 31.8. The van der Waals surface area contributed by atoms with Crippen molar-refractivity contribution in [2.75, 3.05) is 6.61 Å². The summed E-state index contributed by atoms with van der Waals surface area (Å²) in [4.78, 5) is 0. The number of hydrogen-bond acceptors (Lipinski definition) is 1. The largest absolute Gasteiger partial charge is 2.00 e. The predicted molar refractivity (Wildman–Crippen MR) is 31.0 cm³/mol. The van der Waals surface area contributed by atoms with Crippen molar-refractivity contribution in [1.29, 1.82) is 0 Å². The van der Waals surface area contributed by atoms with Gasteiger partial charge in [-0.1, -0.05) is 6.42 Å². The molecule has 0 aliphatic heterocycles. The van der Waals surface area contributed by atoms with Crippen LogP contribution in [-0.2, 0) is 0 Å². The number of halogens is 2. The molecule has 0 fully saturated rings. The van der Waals surface area contributed by atoms with Crippen LogP contribution in [0, 0.1) is 6.92 Å². The van der Waals surface area contributed by atoms with Crippen LogP contribution in [0.5, 0.6) is 0 Å². The SMILES string of the molecule is [Br-].[CH2-]CCC[O-].[Cl-].[Mg+2].[Mg+2]. The Kier molecular flexibility index (Phi) is 107. The van der Waals surface area contributed by atoms with Crippen molar-refractivity contribution in [1.82, 2.24) is 0 Å². The van der Waals surface area contributed by atoms with Crippen molar-refractivity contribution in [2.45, 2.75) is 12.8 Å².